The lowest BCUT2D eigenvalue weighted by molar-refractivity contribution is -0.122. The molecule has 1 aliphatic heterocycles. The zero-order chi connectivity index (χ0) is 14.8. The predicted octanol–water partition coefficient (Wildman–Crippen LogP) is -0.678. The average Bonchev–Trinajstić information content (AvgIpc) is 2.72. The zero-order valence-electron chi connectivity index (χ0n) is 11.2. The molecular formula is C11H18N4O3S2. The highest BCUT2D eigenvalue weighted by Gasteiger charge is 2.30. The Morgan fingerprint density at radius 2 is 2.25 bits per heavy atom. The summed E-state index contributed by atoms with van der Waals surface area (Å²) < 4.78 is 24.7. The number of amides is 1. The molecule has 1 saturated heterocycles. The van der Waals surface area contributed by atoms with E-state index in [0.717, 1.165) is 11.1 Å². The maximum atomic E-state index is 11.7. The van der Waals surface area contributed by atoms with Gasteiger partial charge in [0.05, 0.1) is 17.7 Å². The molecule has 1 atom stereocenters. The highest BCUT2D eigenvalue weighted by Crippen LogP contribution is 2.16. The lowest BCUT2D eigenvalue weighted by Crippen LogP contribution is -2.40. The molecule has 1 aromatic heterocycles. The van der Waals surface area contributed by atoms with Gasteiger partial charge in [0.1, 0.15) is 0 Å². The van der Waals surface area contributed by atoms with Gasteiger partial charge < -0.3 is 5.73 Å². The van der Waals surface area contributed by atoms with Crippen LogP contribution in [0, 0.1) is 5.92 Å². The Morgan fingerprint density at radius 3 is 2.80 bits per heavy atom. The molecule has 0 spiro atoms. The number of nitrogens with two attached hydrogens (primary N) is 1. The Kier molecular flexibility index (Phi) is 4.74. The lowest BCUT2D eigenvalue weighted by atomic mass is 10.1. The summed E-state index contributed by atoms with van der Waals surface area (Å²) in [5.74, 6) is -0.949. The van der Waals surface area contributed by atoms with Crippen LogP contribution in [0.5, 0.6) is 0 Å². The summed E-state index contributed by atoms with van der Waals surface area (Å²) in [7, 11) is -3.31. The second-order valence-electron chi connectivity index (χ2n) is 4.92. The van der Waals surface area contributed by atoms with Crippen LogP contribution in [0.4, 0.5) is 0 Å². The third-order valence-electron chi connectivity index (χ3n) is 3.30. The maximum absolute atomic E-state index is 11.7. The van der Waals surface area contributed by atoms with Gasteiger partial charge in [-0.2, -0.15) is 0 Å². The van der Waals surface area contributed by atoms with E-state index in [9.17, 15) is 13.2 Å². The van der Waals surface area contributed by atoms with Crippen LogP contribution in [0.15, 0.2) is 11.7 Å². The van der Waals surface area contributed by atoms with Crippen LogP contribution in [-0.2, 0) is 21.4 Å². The standard InChI is InChI=1S/C11H18N4O3S2/c1-20(17,18)15-3-2-14(5-9(6-15)11(12)16)7-10-4-13-8-19-10/h4,8-9H,2-3,5-7H2,1H3,(H2,12,16). The second-order valence-corrected chi connectivity index (χ2v) is 7.88. The topological polar surface area (TPSA) is 96.6 Å². The van der Waals surface area contributed by atoms with E-state index in [4.69, 9.17) is 5.73 Å². The second kappa shape index (κ2) is 6.17. The molecule has 0 saturated carbocycles. The van der Waals surface area contributed by atoms with Gasteiger partial charge in [-0.15, -0.1) is 11.3 Å². The van der Waals surface area contributed by atoms with E-state index in [1.54, 1.807) is 11.7 Å². The molecule has 0 aromatic carbocycles. The molecule has 0 bridgehead atoms. The fourth-order valence-electron chi connectivity index (χ4n) is 2.22. The molecule has 1 aromatic rings. The number of sulfonamides is 1. The summed E-state index contributed by atoms with van der Waals surface area (Å²) in [5, 5.41) is 0. The summed E-state index contributed by atoms with van der Waals surface area (Å²) in [4.78, 5) is 18.6. The molecule has 7 nitrogen and oxygen atoms in total. The van der Waals surface area contributed by atoms with E-state index < -0.39 is 21.8 Å². The molecule has 2 heterocycles. The van der Waals surface area contributed by atoms with E-state index >= 15 is 0 Å². The average molecular weight is 318 g/mol. The third-order valence-corrected chi connectivity index (χ3v) is 5.34. The summed E-state index contributed by atoms with van der Waals surface area (Å²) in [5.41, 5.74) is 7.13. The van der Waals surface area contributed by atoms with Crippen molar-refractivity contribution in [1.82, 2.24) is 14.2 Å². The number of nitrogens with zero attached hydrogens (tertiary/aromatic N) is 3. The minimum atomic E-state index is -3.31. The van der Waals surface area contributed by atoms with Crippen LogP contribution in [0.25, 0.3) is 0 Å². The lowest BCUT2D eigenvalue weighted by Gasteiger charge is -2.21. The fourth-order valence-corrected chi connectivity index (χ4v) is 3.72. The Labute approximate surface area is 122 Å². The van der Waals surface area contributed by atoms with Crippen LogP contribution >= 0.6 is 11.3 Å². The molecule has 2 N–H and O–H groups in total. The van der Waals surface area contributed by atoms with Gasteiger partial charge in [0, 0.05) is 43.8 Å². The maximum Gasteiger partial charge on any atom is 0.223 e. The smallest absolute Gasteiger partial charge is 0.223 e. The van der Waals surface area contributed by atoms with E-state index in [1.807, 2.05) is 4.90 Å². The largest absolute Gasteiger partial charge is 0.369 e. The van der Waals surface area contributed by atoms with Crippen LogP contribution in [0.3, 0.4) is 0 Å². The summed E-state index contributed by atoms with van der Waals surface area (Å²) in [6.07, 6.45) is 2.94. The minimum Gasteiger partial charge on any atom is -0.369 e. The van der Waals surface area contributed by atoms with E-state index in [2.05, 4.69) is 4.98 Å². The van der Waals surface area contributed by atoms with Crippen molar-refractivity contribution in [2.75, 3.05) is 32.4 Å². The van der Waals surface area contributed by atoms with E-state index in [0.29, 0.717) is 26.2 Å². The van der Waals surface area contributed by atoms with Gasteiger partial charge in [-0.3, -0.25) is 14.7 Å². The van der Waals surface area contributed by atoms with Crippen molar-refractivity contribution in [3.63, 3.8) is 0 Å². The van der Waals surface area contributed by atoms with E-state index in [-0.39, 0.29) is 6.54 Å². The molecule has 112 valence electrons. The number of primary amides is 1. The van der Waals surface area contributed by atoms with Crippen LogP contribution in [-0.4, -0.2) is 60.9 Å². The van der Waals surface area contributed by atoms with Gasteiger partial charge in [0.15, 0.2) is 0 Å². The number of thiazole rings is 1. The zero-order valence-corrected chi connectivity index (χ0v) is 12.9. The monoisotopic (exact) mass is 318 g/mol. The van der Waals surface area contributed by atoms with Gasteiger partial charge in [0.2, 0.25) is 15.9 Å². The molecule has 1 fully saturated rings. The van der Waals surface area contributed by atoms with Gasteiger partial charge in [-0.25, -0.2) is 12.7 Å². The first-order chi connectivity index (χ1) is 9.36. The highest BCUT2D eigenvalue weighted by atomic mass is 32.2. The first-order valence-corrected chi connectivity index (χ1v) is 8.93. The number of hydrogen-bond donors (Lipinski definition) is 1. The van der Waals surface area contributed by atoms with Crippen molar-refractivity contribution in [3.05, 3.63) is 16.6 Å². The summed E-state index contributed by atoms with van der Waals surface area (Å²) >= 11 is 1.54. The van der Waals surface area contributed by atoms with Gasteiger partial charge >= 0.3 is 0 Å². The van der Waals surface area contributed by atoms with Gasteiger partial charge in [-0.1, -0.05) is 0 Å². The molecule has 9 heteroatoms. The Hall–Kier alpha value is -1.03. The van der Waals surface area contributed by atoms with Gasteiger partial charge in [-0.05, 0) is 0 Å². The Morgan fingerprint density at radius 1 is 1.50 bits per heavy atom. The van der Waals surface area contributed by atoms with Gasteiger partial charge in [0.25, 0.3) is 0 Å². The molecular weight excluding hydrogens is 300 g/mol. The van der Waals surface area contributed by atoms with Crippen molar-refractivity contribution >= 4 is 27.3 Å². The van der Waals surface area contributed by atoms with Crippen molar-refractivity contribution in [2.45, 2.75) is 6.54 Å². The molecule has 1 aliphatic rings. The van der Waals surface area contributed by atoms with Crippen LogP contribution in [0.2, 0.25) is 0 Å². The molecule has 1 amide bonds. The number of rotatable bonds is 4. The quantitative estimate of drug-likeness (QED) is 0.793. The third kappa shape index (κ3) is 3.98. The number of hydrogen-bond acceptors (Lipinski definition) is 6. The molecule has 20 heavy (non-hydrogen) atoms. The van der Waals surface area contributed by atoms with Crippen LogP contribution < -0.4 is 5.73 Å². The summed E-state index contributed by atoms with van der Waals surface area (Å²) in [6.45, 7) is 2.24. The first kappa shape index (κ1) is 15.4. The van der Waals surface area contributed by atoms with Crippen molar-refractivity contribution in [3.8, 4) is 0 Å². The van der Waals surface area contributed by atoms with Crippen molar-refractivity contribution in [1.29, 1.82) is 0 Å². The fraction of sp³-hybridized carbons (Fsp3) is 0.636. The highest BCUT2D eigenvalue weighted by molar-refractivity contribution is 7.88. The predicted molar refractivity (Wildman–Crippen MR) is 76.5 cm³/mol. The summed E-state index contributed by atoms with van der Waals surface area (Å²) in [6, 6.07) is 0. The van der Waals surface area contributed by atoms with Crippen molar-refractivity contribution < 1.29 is 13.2 Å². The molecule has 2 rings (SSSR count). The van der Waals surface area contributed by atoms with Crippen molar-refractivity contribution in [2.24, 2.45) is 11.7 Å². The van der Waals surface area contributed by atoms with Crippen LogP contribution in [0.1, 0.15) is 4.88 Å². The SMILES string of the molecule is CS(=O)(=O)N1CCN(Cc2cncs2)CC(C(N)=O)C1. The minimum absolute atomic E-state index is 0.160. The number of aromatic nitrogens is 1. The molecule has 1 unspecified atom stereocenters. The molecule has 0 aliphatic carbocycles. The normalized spacial score (nSPS) is 22.6. The Balaban J connectivity index is 2.11. The Bertz CT molecular complexity index is 558. The molecule has 0 radical (unpaired) electrons. The number of carbonyl (C=O) groups is 1. The first-order valence-electron chi connectivity index (χ1n) is 6.20. The number of carbonyl (C=O) groups excluding carboxylic acids is 1. The van der Waals surface area contributed by atoms with E-state index in [1.165, 1.54) is 15.6 Å².